The number of nitrogens with zero attached hydrogens (tertiary/aromatic N) is 1. The zero-order chi connectivity index (χ0) is 13.9. The van der Waals surface area contributed by atoms with E-state index in [0.29, 0.717) is 12.2 Å². The third kappa shape index (κ3) is 2.84. The van der Waals surface area contributed by atoms with Crippen LogP contribution >= 0.6 is 11.8 Å². The molecule has 1 aromatic heterocycles. The van der Waals surface area contributed by atoms with Gasteiger partial charge in [0.1, 0.15) is 5.58 Å². The maximum Gasteiger partial charge on any atom is 0.336 e. The lowest BCUT2D eigenvalue weighted by Gasteiger charge is -2.05. The summed E-state index contributed by atoms with van der Waals surface area (Å²) < 4.78 is 10.5. The first kappa shape index (κ1) is 13.2. The number of rotatable bonds is 3. The molecule has 1 unspecified atom stereocenters. The van der Waals surface area contributed by atoms with Crippen LogP contribution < -0.4 is 16.5 Å². The second kappa shape index (κ2) is 5.66. The molecular formula is C13H13N3O3S. The minimum Gasteiger partial charge on any atom is -0.423 e. The quantitative estimate of drug-likeness (QED) is 0.842. The number of thioether (sulfide) groups is 1. The molecule has 0 saturated carbocycles. The molecule has 1 atom stereocenters. The van der Waals surface area contributed by atoms with Crippen molar-refractivity contribution in [3.8, 4) is 0 Å². The van der Waals surface area contributed by atoms with Crippen molar-refractivity contribution in [2.45, 2.75) is 12.5 Å². The first-order valence-corrected chi connectivity index (χ1v) is 7.05. The lowest BCUT2D eigenvalue weighted by molar-refractivity contribution is 0.101. The molecule has 0 amide bonds. The highest BCUT2D eigenvalue weighted by Gasteiger charge is 2.20. The van der Waals surface area contributed by atoms with E-state index in [-0.39, 0.29) is 11.2 Å². The standard InChI is InChI=1S/C13H13N3O3S/c1-2-18-13-16-15-12(20-13)14-9-4-5-10-8(7-9)3-6-11(17)19-10/h3-7,13,16H,2H2,1H3,(H,14,15). The summed E-state index contributed by atoms with van der Waals surface area (Å²) in [6, 6.07) is 8.52. The molecule has 7 heteroatoms. The van der Waals surface area contributed by atoms with Crippen molar-refractivity contribution in [2.24, 2.45) is 4.99 Å². The fourth-order valence-corrected chi connectivity index (χ4v) is 2.61. The van der Waals surface area contributed by atoms with Crippen molar-refractivity contribution >= 4 is 33.6 Å². The van der Waals surface area contributed by atoms with Crippen LogP contribution in [0.25, 0.3) is 11.0 Å². The lowest BCUT2D eigenvalue weighted by atomic mass is 10.2. The number of ether oxygens (including phenoxy) is 1. The Hall–Kier alpha value is -1.83. The molecule has 1 aromatic carbocycles. The van der Waals surface area contributed by atoms with E-state index >= 15 is 0 Å². The molecule has 2 N–H and O–H groups in total. The van der Waals surface area contributed by atoms with Crippen LogP contribution in [-0.2, 0) is 4.74 Å². The van der Waals surface area contributed by atoms with Crippen LogP contribution in [0.5, 0.6) is 0 Å². The van der Waals surface area contributed by atoms with Crippen LogP contribution in [0, 0.1) is 0 Å². The highest BCUT2D eigenvalue weighted by molar-refractivity contribution is 8.14. The summed E-state index contributed by atoms with van der Waals surface area (Å²) >= 11 is 1.47. The van der Waals surface area contributed by atoms with Crippen molar-refractivity contribution in [1.29, 1.82) is 0 Å². The molecule has 1 aliphatic heterocycles. The fraction of sp³-hybridized carbons (Fsp3) is 0.231. The zero-order valence-electron chi connectivity index (χ0n) is 10.8. The van der Waals surface area contributed by atoms with E-state index in [1.165, 1.54) is 17.8 Å². The average molecular weight is 291 g/mol. The van der Waals surface area contributed by atoms with E-state index in [4.69, 9.17) is 9.15 Å². The maximum absolute atomic E-state index is 11.1. The van der Waals surface area contributed by atoms with Gasteiger partial charge in [-0.15, -0.1) is 0 Å². The summed E-state index contributed by atoms with van der Waals surface area (Å²) in [5, 5.41) is 1.57. The molecule has 0 radical (unpaired) electrons. The Morgan fingerprint density at radius 1 is 1.40 bits per heavy atom. The SMILES string of the molecule is CCOC1NNC(=Nc2ccc3oc(=O)ccc3c2)S1. The van der Waals surface area contributed by atoms with Crippen molar-refractivity contribution < 1.29 is 9.15 Å². The van der Waals surface area contributed by atoms with Gasteiger partial charge in [-0.05, 0) is 43.0 Å². The molecule has 0 spiro atoms. The van der Waals surface area contributed by atoms with Crippen LogP contribution in [0.2, 0.25) is 0 Å². The first-order chi connectivity index (χ1) is 9.74. The van der Waals surface area contributed by atoms with Crippen LogP contribution in [0.4, 0.5) is 5.69 Å². The molecule has 20 heavy (non-hydrogen) atoms. The molecule has 1 saturated heterocycles. The van der Waals surface area contributed by atoms with Crippen molar-refractivity contribution in [3.63, 3.8) is 0 Å². The van der Waals surface area contributed by atoms with Crippen LogP contribution in [0.15, 0.2) is 44.5 Å². The molecule has 1 fully saturated rings. The van der Waals surface area contributed by atoms with E-state index in [1.54, 1.807) is 18.2 Å². The van der Waals surface area contributed by atoms with Crippen LogP contribution in [0.1, 0.15) is 6.92 Å². The largest absolute Gasteiger partial charge is 0.423 e. The first-order valence-electron chi connectivity index (χ1n) is 6.17. The Bertz CT molecular complexity index is 713. The van der Waals surface area contributed by atoms with Gasteiger partial charge in [0.2, 0.25) is 0 Å². The molecule has 1 aliphatic rings. The number of aliphatic imine (C=N–C) groups is 1. The molecule has 6 nitrogen and oxygen atoms in total. The van der Waals surface area contributed by atoms with Gasteiger partial charge in [0, 0.05) is 18.1 Å². The van der Waals surface area contributed by atoms with E-state index in [0.717, 1.165) is 16.2 Å². The van der Waals surface area contributed by atoms with Crippen LogP contribution in [-0.4, -0.2) is 17.3 Å². The van der Waals surface area contributed by atoms with Gasteiger partial charge < -0.3 is 9.15 Å². The summed E-state index contributed by atoms with van der Waals surface area (Å²) in [6.07, 6.45) is 0. The predicted molar refractivity (Wildman–Crippen MR) is 78.9 cm³/mol. The summed E-state index contributed by atoms with van der Waals surface area (Å²) in [5.41, 5.74) is 6.79. The smallest absolute Gasteiger partial charge is 0.336 e. The fourth-order valence-electron chi connectivity index (χ4n) is 1.81. The molecule has 104 valence electrons. The minimum atomic E-state index is -0.353. The van der Waals surface area contributed by atoms with Gasteiger partial charge >= 0.3 is 5.63 Å². The number of benzene rings is 1. The predicted octanol–water partition coefficient (Wildman–Crippen LogP) is 1.94. The van der Waals surface area contributed by atoms with Gasteiger partial charge in [-0.3, -0.25) is 5.43 Å². The van der Waals surface area contributed by atoms with Gasteiger partial charge in [-0.25, -0.2) is 9.79 Å². The Balaban J connectivity index is 1.84. The van der Waals surface area contributed by atoms with Gasteiger partial charge in [-0.2, -0.15) is 5.43 Å². The summed E-state index contributed by atoms with van der Waals surface area (Å²) in [6.45, 7) is 2.57. The number of amidine groups is 1. The molecule has 0 bridgehead atoms. The Labute approximate surface area is 119 Å². The average Bonchev–Trinajstić information content (AvgIpc) is 2.87. The highest BCUT2D eigenvalue weighted by Crippen LogP contribution is 2.23. The summed E-state index contributed by atoms with van der Waals surface area (Å²) in [4.78, 5) is 15.6. The molecule has 2 aromatic rings. The molecular weight excluding hydrogens is 278 g/mol. The van der Waals surface area contributed by atoms with Gasteiger partial charge in [0.05, 0.1) is 5.69 Å². The normalized spacial score (nSPS) is 20.4. The third-order valence-corrected chi connectivity index (χ3v) is 3.55. The lowest BCUT2D eigenvalue weighted by Crippen LogP contribution is -2.32. The van der Waals surface area contributed by atoms with Crippen molar-refractivity contribution in [2.75, 3.05) is 6.61 Å². The number of nitrogens with one attached hydrogen (secondary N) is 2. The monoisotopic (exact) mass is 291 g/mol. The number of fused-ring (bicyclic) bond motifs is 1. The number of hydrogen-bond donors (Lipinski definition) is 2. The van der Waals surface area contributed by atoms with Gasteiger partial charge in [0.15, 0.2) is 10.7 Å². The van der Waals surface area contributed by atoms with Crippen molar-refractivity contribution in [3.05, 3.63) is 40.8 Å². The van der Waals surface area contributed by atoms with Crippen LogP contribution in [0.3, 0.4) is 0 Å². The van der Waals surface area contributed by atoms with E-state index in [1.807, 2.05) is 13.0 Å². The molecule has 3 rings (SSSR count). The highest BCUT2D eigenvalue weighted by atomic mass is 32.2. The topological polar surface area (TPSA) is 75.9 Å². The minimum absolute atomic E-state index is 0.128. The molecule has 0 aliphatic carbocycles. The second-order valence-electron chi connectivity index (χ2n) is 4.07. The van der Waals surface area contributed by atoms with E-state index in [2.05, 4.69) is 15.8 Å². The summed E-state index contributed by atoms with van der Waals surface area (Å²) in [5.74, 6) is 0. The van der Waals surface area contributed by atoms with E-state index < -0.39 is 0 Å². The van der Waals surface area contributed by atoms with E-state index in [9.17, 15) is 4.79 Å². The second-order valence-corrected chi connectivity index (χ2v) is 5.12. The summed E-state index contributed by atoms with van der Waals surface area (Å²) in [7, 11) is 0. The molecule has 2 heterocycles. The zero-order valence-corrected chi connectivity index (χ0v) is 11.6. The Morgan fingerprint density at radius 2 is 2.30 bits per heavy atom. The van der Waals surface area contributed by atoms with Crippen molar-refractivity contribution in [1.82, 2.24) is 10.9 Å². The van der Waals surface area contributed by atoms with Gasteiger partial charge in [0.25, 0.3) is 0 Å². The number of hydrazine groups is 1. The number of hydrogen-bond acceptors (Lipinski definition) is 6. The Kier molecular flexibility index (Phi) is 3.72. The Morgan fingerprint density at radius 3 is 3.15 bits per heavy atom. The maximum atomic E-state index is 11.1. The van der Waals surface area contributed by atoms with Gasteiger partial charge in [-0.1, -0.05) is 0 Å². The third-order valence-electron chi connectivity index (χ3n) is 2.67.